The standard InChI is InChI=1S/C17H25NO/c1-12(2)15-7-5-14(6-8-15)11-17(13(3)4)10-9-16(19)18-17/h5-8,12-13H,9-11H2,1-4H3,(H,18,19). The molecule has 104 valence electrons. The highest BCUT2D eigenvalue weighted by molar-refractivity contribution is 5.79. The summed E-state index contributed by atoms with van der Waals surface area (Å²) in [6.07, 6.45) is 2.56. The average Bonchev–Trinajstić information content (AvgIpc) is 2.73. The van der Waals surface area contributed by atoms with Crippen LogP contribution in [0.15, 0.2) is 24.3 Å². The number of hydrogen-bond acceptors (Lipinski definition) is 1. The first-order chi connectivity index (χ1) is 8.93. The number of amides is 1. The normalized spacial score (nSPS) is 23.2. The summed E-state index contributed by atoms with van der Waals surface area (Å²) >= 11 is 0. The van der Waals surface area contributed by atoms with Crippen LogP contribution in [0.5, 0.6) is 0 Å². The van der Waals surface area contributed by atoms with Gasteiger partial charge in [0.25, 0.3) is 0 Å². The summed E-state index contributed by atoms with van der Waals surface area (Å²) in [5, 5.41) is 3.21. The monoisotopic (exact) mass is 259 g/mol. The van der Waals surface area contributed by atoms with E-state index in [0.717, 1.165) is 12.8 Å². The predicted molar refractivity (Wildman–Crippen MR) is 79.2 cm³/mol. The molecule has 0 bridgehead atoms. The topological polar surface area (TPSA) is 29.1 Å². The van der Waals surface area contributed by atoms with E-state index in [1.807, 2.05) is 0 Å². The van der Waals surface area contributed by atoms with Gasteiger partial charge in [0.2, 0.25) is 5.91 Å². The van der Waals surface area contributed by atoms with E-state index in [1.165, 1.54) is 11.1 Å². The maximum atomic E-state index is 11.6. The summed E-state index contributed by atoms with van der Waals surface area (Å²) in [6, 6.07) is 8.85. The number of hydrogen-bond donors (Lipinski definition) is 1. The Hall–Kier alpha value is -1.31. The molecule has 0 aliphatic carbocycles. The fraction of sp³-hybridized carbons (Fsp3) is 0.588. The molecule has 1 heterocycles. The first-order valence-corrected chi connectivity index (χ1v) is 7.33. The lowest BCUT2D eigenvalue weighted by atomic mass is 9.79. The zero-order valence-electron chi connectivity index (χ0n) is 12.5. The van der Waals surface area contributed by atoms with Gasteiger partial charge in [0.1, 0.15) is 0 Å². The van der Waals surface area contributed by atoms with Crippen molar-refractivity contribution in [3.63, 3.8) is 0 Å². The summed E-state index contributed by atoms with van der Waals surface area (Å²) in [4.78, 5) is 11.6. The van der Waals surface area contributed by atoms with Crippen molar-refractivity contribution >= 4 is 5.91 Å². The fourth-order valence-electron chi connectivity index (χ4n) is 2.89. The molecule has 0 saturated carbocycles. The maximum absolute atomic E-state index is 11.6. The highest BCUT2D eigenvalue weighted by atomic mass is 16.2. The maximum Gasteiger partial charge on any atom is 0.220 e. The van der Waals surface area contributed by atoms with Crippen molar-refractivity contribution < 1.29 is 4.79 Å². The summed E-state index contributed by atoms with van der Waals surface area (Å²) in [7, 11) is 0. The molecule has 0 spiro atoms. The van der Waals surface area contributed by atoms with E-state index in [0.29, 0.717) is 18.3 Å². The lowest BCUT2D eigenvalue weighted by Gasteiger charge is -2.33. The van der Waals surface area contributed by atoms with Crippen LogP contribution >= 0.6 is 0 Å². The molecule has 2 heteroatoms. The summed E-state index contributed by atoms with van der Waals surface area (Å²) in [5.74, 6) is 1.23. The third-order valence-corrected chi connectivity index (χ3v) is 4.46. The van der Waals surface area contributed by atoms with Crippen molar-refractivity contribution in [3.05, 3.63) is 35.4 Å². The third-order valence-electron chi connectivity index (χ3n) is 4.46. The van der Waals surface area contributed by atoms with Crippen molar-refractivity contribution in [1.82, 2.24) is 5.32 Å². The van der Waals surface area contributed by atoms with Crippen LogP contribution in [0.4, 0.5) is 0 Å². The second kappa shape index (κ2) is 5.36. The minimum Gasteiger partial charge on any atom is -0.350 e. The molecular weight excluding hydrogens is 234 g/mol. The molecule has 2 rings (SSSR count). The largest absolute Gasteiger partial charge is 0.350 e. The van der Waals surface area contributed by atoms with E-state index < -0.39 is 0 Å². The minimum absolute atomic E-state index is 0.0452. The average molecular weight is 259 g/mol. The zero-order valence-corrected chi connectivity index (χ0v) is 12.5. The second-order valence-corrected chi connectivity index (χ2v) is 6.43. The first-order valence-electron chi connectivity index (χ1n) is 7.33. The van der Waals surface area contributed by atoms with E-state index >= 15 is 0 Å². The van der Waals surface area contributed by atoms with Gasteiger partial charge in [0.15, 0.2) is 0 Å². The Labute approximate surface area is 116 Å². The lowest BCUT2D eigenvalue weighted by Crippen LogP contribution is -2.48. The van der Waals surface area contributed by atoms with Crippen molar-refractivity contribution in [2.45, 2.75) is 58.4 Å². The summed E-state index contributed by atoms with van der Waals surface area (Å²) in [6.45, 7) is 8.83. The van der Waals surface area contributed by atoms with E-state index in [4.69, 9.17) is 0 Å². The van der Waals surface area contributed by atoms with Gasteiger partial charge >= 0.3 is 0 Å². The summed E-state index contributed by atoms with van der Waals surface area (Å²) < 4.78 is 0. The number of benzene rings is 1. The van der Waals surface area contributed by atoms with Gasteiger partial charge in [-0.05, 0) is 35.8 Å². The van der Waals surface area contributed by atoms with Gasteiger partial charge in [0.05, 0.1) is 0 Å². The highest BCUT2D eigenvalue weighted by Crippen LogP contribution is 2.32. The Morgan fingerprint density at radius 1 is 1.16 bits per heavy atom. The van der Waals surface area contributed by atoms with Crippen LogP contribution in [0.2, 0.25) is 0 Å². The van der Waals surface area contributed by atoms with Crippen molar-refractivity contribution in [3.8, 4) is 0 Å². The Kier molecular flexibility index (Phi) is 3.98. The predicted octanol–water partition coefficient (Wildman–Crippen LogP) is 3.66. The number of carbonyl (C=O) groups is 1. The van der Waals surface area contributed by atoms with E-state index in [9.17, 15) is 4.79 Å². The Bertz CT molecular complexity index is 447. The molecule has 1 aliphatic heterocycles. The molecule has 1 fully saturated rings. The number of rotatable bonds is 4. The van der Waals surface area contributed by atoms with E-state index in [1.54, 1.807) is 0 Å². The smallest absolute Gasteiger partial charge is 0.220 e. The third kappa shape index (κ3) is 2.99. The molecule has 1 aliphatic rings. The Balaban J connectivity index is 2.16. The fourth-order valence-corrected chi connectivity index (χ4v) is 2.89. The molecule has 1 amide bonds. The molecule has 0 radical (unpaired) electrons. The second-order valence-electron chi connectivity index (χ2n) is 6.43. The van der Waals surface area contributed by atoms with Gasteiger partial charge < -0.3 is 5.32 Å². The van der Waals surface area contributed by atoms with Crippen LogP contribution in [0.25, 0.3) is 0 Å². The molecule has 2 nitrogen and oxygen atoms in total. The molecule has 19 heavy (non-hydrogen) atoms. The van der Waals surface area contributed by atoms with Crippen molar-refractivity contribution in [1.29, 1.82) is 0 Å². The molecule has 1 N–H and O–H groups in total. The lowest BCUT2D eigenvalue weighted by molar-refractivity contribution is -0.120. The van der Waals surface area contributed by atoms with Crippen LogP contribution in [-0.4, -0.2) is 11.4 Å². The van der Waals surface area contributed by atoms with Gasteiger partial charge in [-0.1, -0.05) is 52.0 Å². The van der Waals surface area contributed by atoms with Gasteiger partial charge in [-0.15, -0.1) is 0 Å². The van der Waals surface area contributed by atoms with Crippen molar-refractivity contribution in [2.24, 2.45) is 5.92 Å². The Morgan fingerprint density at radius 3 is 2.21 bits per heavy atom. The highest BCUT2D eigenvalue weighted by Gasteiger charge is 2.40. The quantitative estimate of drug-likeness (QED) is 0.878. The molecule has 1 unspecified atom stereocenters. The SMILES string of the molecule is CC(C)c1ccc(CC2(C(C)C)CCC(=O)N2)cc1. The molecule has 0 aromatic heterocycles. The molecule has 1 aromatic rings. The molecular formula is C17H25NO. The molecule has 1 saturated heterocycles. The van der Waals surface area contributed by atoms with Crippen LogP contribution in [-0.2, 0) is 11.2 Å². The Morgan fingerprint density at radius 2 is 1.79 bits per heavy atom. The zero-order chi connectivity index (χ0) is 14.0. The van der Waals surface area contributed by atoms with E-state index in [-0.39, 0.29) is 11.4 Å². The van der Waals surface area contributed by atoms with E-state index in [2.05, 4.69) is 57.3 Å². The van der Waals surface area contributed by atoms with Crippen LogP contribution < -0.4 is 5.32 Å². The minimum atomic E-state index is -0.0452. The number of nitrogens with one attached hydrogen (secondary N) is 1. The van der Waals surface area contributed by atoms with Crippen molar-refractivity contribution in [2.75, 3.05) is 0 Å². The van der Waals surface area contributed by atoms with Crippen LogP contribution in [0.1, 0.15) is 57.6 Å². The van der Waals surface area contributed by atoms with Gasteiger partial charge in [-0.3, -0.25) is 4.79 Å². The van der Waals surface area contributed by atoms with Crippen LogP contribution in [0.3, 0.4) is 0 Å². The van der Waals surface area contributed by atoms with Crippen LogP contribution in [0, 0.1) is 5.92 Å². The van der Waals surface area contributed by atoms with Gasteiger partial charge in [0, 0.05) is 12.0 Å². The molecule has 1 aromatic carbocycles. The van der Waals surface area contributed by atoms with Gasteiger partial charge in [-0.2, -0.15) is 0 Å². The van der Waals surface area contributed by atoms with Gasteiger partial charge in [-0.25, -0.2) is 0 Å². The molecule has 1 atom stereocenters. The number of carbonyl (C=O) groups excluding carboxylic acids is 1. The first kappa shape index (κ1) is 14.1. The summed E-state index contributed by atoms with van der Waals surface area (Å²) in [5.41, 5.74) is 2.65.